The molecule has 0 spiro atoms. The lowest BCUT2D eigenvalue weighted by atomic mass is 9.97. The summed E-state index contributed by atoms with van der Waals surface area (Å²) in [4.78, 5) is 7.34. The normalized spacial score (nSPS) is 21.1. The minimum absolute atomic E-state index is 0.261. The van der Waals surface area contributed by atoms with Crippen molar-refractivity contribution in [2.75, 3.05) is 39.3 Å². The second-order valence-electron chi connectivity index (χ2n) is 7.36. The number of nitrogens with zero attached hydrogens (tertiary/aromatic N) is 2. The van der Waals surface area contributed by atoms with Crippen LogP contribution in [0.5, 0.6) is 0 Å². The van der Waals surface area contributed by atoms with Crippen molar-refractivity contribution in [1.29, 1.82) is 0 Å². The van der Waals surface area contributed by atoms with E-state index in [0.29, 0.717) is 17.9 Å². The summed E-state index contributed by atoms with van der Waals surface area (Å²) < 4.78 is 0. The van der Waals surface area contributed by atoms with Crippen LogP contribution >= 0.6 is 0 Å². The molecule has 142 valence electrons. The van der Waals surface area contributed by atoms with Gasteiger partial charge in [-0.3, -0.25) is 4.99 Å². The topological polar surface area (TPSA) is 59.9 Å². The Balaban J connectivity index is 2.47. The number of hydrogen-bond acceptors (Lipinski definition) is 3. The molecule has 0 aromatic carbocycles. The lowest BCUT2D eigenvalue weighted by Crippen LogP contribution is -2.46. The maximum atomic E-state index is 9.19. The number of hydrogen-bond donors (Lipinski definition) is 3. The van der Waals surface area contributed by atoms with Gasteiger partial charge < -0.3 is 20.6 Å². The average molecular weight is 341 g/mol. The average Bonchev–Trinajstić information content (AvgIpc) is 2.57. The third-order valence-corrected chi connectivity index (χ3v) is 4.92. The lowest BCUT2D eigenvalue weighted by Gasteiger charge is -2.35. The molecule has 0 aromatic heterocycles. The molecule has 0 amide bonds. The second-order valence-corrected chi connectivity index (χ2v) is 7.36. The van der Waals surface area contributed by atoms with Crippen molar-refractivity contribution >= 4 is 5.96 Å². The first-order valence-electron chi connectivity index (χ1n) is 9.97. The van der Waals surface area contributed by atoms with Gasteiger partial charge in [-0.05, 0) is 64.8 Å². The molecular formula is C19H40N4O. The molecule has 3 N–H and O–H groups in total. The summed E-state index contributed by atoms with van der Waals surface area (Å²) >= 11 is 0. The van der Waals surface area contributed by atoms with Crippen molar-refractivity contribution in [1.82, 2.24) is 15.5 Å². The van der Waals surface area contributed by atoms with Gasteiger partial charge in [0.25, 0.3) is 0 Å². The standard InChI is InChI=1S/C19H40N4O/c1-5-8-17(10-12-24)13-21-19(20-6-2)22-14-18-9-7-11-23(15-18)16(3)4/h16-18,24H,5-15H2,1-4H3,(H2,20,21,22). The third kappa shape index (κ3) is 8.34. The van der Waals surface area contributed by atoms with Crippen LogP contribution in [0.3, 0.4) is 0 Å². The maximum absolute atomic E-state index is 9.19. The first kappa shape index (κ1) is 21.2. The Hall–Kier alpha value is -0.810. The number of aliphatic hydroxyl groups excluding tert-OH is 1. The fourth-order valence-corrected chi connectivity index (χ4v) is 3.45. The lowest BCUT2D eigenvalue weighted by molar-refractivity contribution is 0.141. The van der Waals surface area contributed by atoms with Gasteiger partial charge in [0.15, 0.2) is 5.96 Å². The molecule has 2 atom stereocenters. The number of rotatable bonds is 10. The zero-order valence-corrected chi connectivity index (χ0v) is 16.4. The molecule has 1 heterocycles. The fraction of sp³-hybridized carbons (Fsp3) is 0.947. The first-order valence-corrected chi connectivity index (χ1v) is 9.97. The molecule has 0 bridgehead atoms. The van der Waals surface area contributed by atoms with Gasteiger partial charge in [-0.2, -0.15) is 0 Å². The summed E-state index contributed by atoms with van der Waals surface area (Å²) in [6.07, 6.45) is 5.74. The molecule has 0 radical (unpaired) electrons. The molecule has 0 aliphatic carbocycles. The number of piperidine rings is 1. The smallest absolute Gasteiger partial charge is 0.191 e. The van der Waals surface area contributed by atoms with Crippen LogP contribution < -0.4 is 10.6 Å². The van der Waals surface area contributed by atoms with Crippen LogP contribution in [0.2, 0.25) is 0 Å². The van der Waals surface area contributed by atoms with E-state index in [1.165, 1.54) is 25.9 Å². The Morgan fingerprint density at radius 1 is 1.25 bits per heavy atom. The van der Waals surface area contributed by atoms with E-state index < -0.39 is 0 Å². The summed E-state index contributed by atoms with van der Waals surface area (Å²) in [5.41, 5.74) is 0. The highest BCUT2D eigenvalue weighted by Crippen LogP contribution is 2.17. The van der Waals surface area contributed by atoms with E-state index >= 15 is 0 Å². The number of nitrogens with one attached hydrogen (secondary N) is 2. The molecule has 0 saturated carbocycles. The van der Waals surface area contributed by atoms with E-state index in [1.54, 1.807) is 0 Å². The minimum Gasteiger partial charge on any atom is -0.396 e. The molecule has 1 saturated heterocycles. The van der Waals surface area contributed by atoms with Gasteiger partial charge in [-0.1, -0.05) is 13.3 Å². The number of likely N-dealkylation sites (tertiary alicyclic amines) is 1. The molecule has 5 heteroatoms. The molecule has 5 nitrogen and oxygen atoms in total. The van der Waals surface area contributed by atoms with Crippen molar-refractivity contribution in [2.45, 2.75) is 65.8 Å². The van der Waals surface area contributed by atoms with Gasteiger partial charge in [-0.25, -0.2) is 0 Å². The quantitative estimate of drug-likeness (QED) is 0.422. The Morgan fingerprint density at radius 2 is 2.04 bits per heavy atom. The molecule has 0 aromatic rings. The number of guanidine groups is 1. The number of aliphatic imine (C=N–C) groups is 1. The van der Waals surface area contributed by atoms with Crippen LogP contribution in [-0.4, -0.2) is 61.3 Å². The van der Waals surface area contributed by atoms with Crippen LogP contribution in [0.15, 0.2) is 4.99 Å². The number of aliphatic hydroxyl groups is 1. The van der Waals surface area contributed by atoms with Gasteiger partial charge >= 0.3 is 0 Å². The van der Waals surface area contributed by atoms with Crippen LogP contribution in [0.25, 0.3) is 0 Å². The molecule has 1 aliphatic heterocycles. The Bertz CT molecular complexity index is 340. The van der Waals surface area contributed by atoms with E-state index in [-0.39, 0.29) is 6.61 Å². The van der Waals surface area contributed by atoms with E-state index in [4.69, 9.17) is 4.99 Å². The van der Waals surface area contributed by atoms with Gasteiger partial charge in [0.2, 0.25) is 0 Å². The van der Waals surface area contributed by atoms with Crippen molar-refractivity contribution in [3.8, 4) is 0 Å². The largest absolute Gasteiger partial charge is 0.396 e. The monoisotopic (exact) mass is 340 g/mol. The predicted molar refractivity (Wildman–Crippen MR) is 104 cm³/mol. The highest BCUT2D eigenvalue weighted by molar-refractivity contribution is 5.79. The van der Waals surface area contributed by atoms with Crippen molar-refractivity contribution in [3.05, 3.63) is 0 Å². The molecular weight excluding hydrogens is 300 g/mol. The molecule has 1 fully saturated rings. The van der Waals surface area contributed by atoms with Crippen molar-refractivity contribution < 1.29 is 5.11 Å². The van der Waals surface area contributed by atoms with Crippen LogP contribution in [0.4, 0.5) is 0 Å². The van der Waals surface area contributed by atoms with Gasteiger partial charge in [-0.15, -0.1) is 0 Å². The second kappa shape index (κ2) is 12.5. The summed E-state index contributed by atoms with van der Waals surface area (Å²) in [7, 11) is 0. The molecule has 24 heavy (non-hydrogen) atoms. The van der Waals surface area contributed by atoms with Gasteiger partial charge in [0.1, 0.15) is 0 Å². The SMILES string of the molecule is CCCC(CCO)CN=C(NCC)NCC1CCCN(C(C)C)C1. The highest BCUT2D eigenvalue weighted by atomic mass is 16.3. The summed E-state index contributed by atoms with van der Waals surface area (Å²) in [6, 6.07) is 0.642. The summed E-state index contributed by atoms with van der Waals surface area (Å²) in [5.74, 6) is 2.12. The maximum Gasteiger partial charge on any atom is 0.191 e. The Kier molecular flexibility index (Phi) is 11.1. The first-order chi connectivity index (χ1) is 11.6. The van der Waals surface area contributed by atoms with E-state index in [1.807, 2.05) is 0 Å². The molecule has 1 aliphatic rings. The van der Waals surface area contributed by atoms with E-state index in [2.05, 4.69) is 43.2 Å². The van der Waals surface area contributed by atoms with Gasteiger partial charge in [0, 0.05) is 38.8 Å². The van der Waals surface area contributed by atoms with Crippen LogP contribution in [0.1, 0.15) is 59.8 Å². The molecule has 1 rings (SSSR count). The van der Waals surface area contributed by atoms with Crippen molar-refractivity contribution in [3.63, 3.8) is 0 Å². The zero-order valence-electron chi connectivity index (χ0n) is 16.4. The zero-order chi connectivity index (χ0) is 17.8. The minimum atomic E-state index is 0.261. The summed E-state index contributed by atoms with van der Waals surface area (Å²) in [6.45, 7) is 14.2. The Morgan fingerprint density at radius 3 is 2.67 bits per heavy atom. The van der Waals surface area contributed by atoms with E-state index in [9.17, 15) is 5.11 Å². The predicted octanol–water partition coefficient (Wildman–Crippen LogP) is 2.46. The fourth-order valence-electron chi connectivity index (χ4n) is 3.45. The third-order valence-electron chi connectivity index (χ3n) is 4.92. The van der Waals surface area contributed by atoms with Gasteiger partial charge in [0.05, 0.1) is 0 Å². The van der Waals surface area contributed by atoms with Crippen LogP contribution in [-0.2, 0) is 0 Å². The van der Waals surface area contributed by atoms with E-state index in [0.717, 1.165) is 44.9 Å². The van der Waals surface area contributed by atoms with Crippen molar-refractivity contribution in [2.24, 2.45) is 16.8 Å². The highest BCUT2D eigenvalue weighted by Gasteiger charge is 2.21. The molecule has 2 unspecified atom stereocenters. The van der Waals surface area contributed by atoms with Crippen LogP contribution in [0, 0.1) is 11.8 Å². The summed E-state index contributed by atoms with van der Waals surface area (Å²) in [5, 5.41) is 16.1. The Labute approximate surface area is 149 Å².